The minimum atomic E-state index is -3.93. The van der Waals surface area contributed by atoms with Gasteiger partial charge in [0.25, 0.3) is 11.6 Å². The van der Waals surface area contributed by atoms with Crippen molar-refractivity contribution in [1.82, 2.24) is 18.8 Å². The molecule has 1 aliphatic rings. The van der Waals surface area contributed by atoms with Crippen LogP contribution in [0.15, 0.2) is 53.6 Å². The lowest BCUT2D eigenvalue weighted by atomic mass is 10.2. The number of piperazine rings is 1. The van der Waals surface area contributed by atoms with E-state index in [0.29, 0.717) is 17.7 Å². The molecular formula is C24H27N5O5S. The summed E-state index contributed by atoms with van der Waals surface area (Å²) >= 11 is 0. The maximum absolute atomic E-state index is 13.3. The Kier molecular flexibility index (Phi) is 6.73. The van der Waals surface area contributed by atoms with Crippen molar-refractivity contribution in [2.45, 2.75) is 32.2 Å². The topological polar surface area (TPSA) is 119 Å². The first kappa shape index (κ1) is 24.6. The number of carbonyl (C=O) groups excluding carboxylic acids is 1. The highest BCUT2D eigenvalue weighted by molar-refractivity contribution is 7.89. The number of hydrogen-bond acceptors (Lipinski definition) is 6. The summed E-state index contributed by atoms with van der Waals surface area (Å²) in [6, 6.07) is 11.4. The van der Waals surface area contributed by atoms with Gasteiger partial charge in [-0.25, -0.2) is 8.42 Å². The second kappa shape index (κ2) is 9.59. The maximum atomic E-state index is 13.3. The molecule has 10 nitrogen and oxygen atoms in total. The molecule has 4 rings (SSSR count). The minimum absolute atomic E-state index is 0.0791. The fourth-order valence-electron chi connectivity index (χ4n) is 4.34. The van der Waals surface area contributed by atoms with Crippen LogP contribution in [0, 0.1) is 30.9 Å². The van der Waals surface area contributed by atoms with E-state index < -0.39 is 14.9 Å². The molecule has 0 aliphatic carbocycles. The molecule has 11 heteroatoms. The van der Waals surface area contributed by atoms with Crippen LogP contribution < -0.4 is 0 Å². The summed E-state index contributed by atoms with van der Waals surface area (Å²) in [5, 5.41) is 11.1. The van der Waals surface area contributed by atoms with E-state index in [9.17, 15) is 23.3 Å². The first-order valence-electron chi connectivity index (χ1n) is 11.2. The number of nitrogens with zero attached hydrogens (tertiary/aromatic N) is 5. The van der Waals surface area contributed by atoms with Gasteiger partial charge in [0.1, 0.15) is 0 Å². The Morgan fingerprint density at radius 2 is 1.77 bits per heavy atom. The minimum Gasteiger partial charge on any atom is -0.342 e. The zero-order chi connectivity index (χ0) is 25.3. The SMILES string of the molecule is Cc1ccc([N+](=O)[O-])cc1S(=O)(=O)N1CCN(C(=O)c2cc(C)n(Cc3ccccn3)c2C)CC1. The molecule has 1 aliphatic heterocycles. The van der Waals surface area contributed by atoms with Gasteiger partial charge in [0.05, 0.1) is 27.6 Å². The van der Waals surface area contributed by atoms with E-state index in [-0.39, 0.29) is 42.7 Å². The Labute approximate surface area is 204 Å². The number of aromatic nitrogens is 2. The highest BCUT2D eigenvalue weighted by Crippen LogP contribution is 2.26. The molecule has 3 aromatic rings. The molecule has 0 saturated carbocycles. The lowest BCUT2D eigenvalue weighted by molar-refractivity contribution is -0.385. The largest absolute Gasteiger partial charge is 0.342 e. The van der Waals surface area contributed by atoms with E-state index in [1.807, 2.05) is 42.7 Å². The van der Waals surface area contributed by atoms with Gasteiger partial charge in [0.15, 0.2) is 0 Å². The normalized spacial score (nSPS) is 14.8. The Balaban J connectivity index is 1.49. The predicted octanol–water partition coefficient (Wildman–Crippen LogP) is 2.91. The molecular weight excluding hydrogens is 470 g/mol. The summed E-state index contributed by atoms with van der Waals surface area (Å²) in [5.74, 6) is -0.144. The lowest BCUT2D eigenvalue weighted by Crippen LogP contribution is -2.50. The first-order chi connectivity index (χ1) is 16.6. The number of nitro groups is 1. The quantitative estimate of drug-likeness (QED) is 0.382. The van der Waals surface area contributed by atoms with Crippen LogP contribution in [0.2, 0.25) is 0 Å². The zero-order valence-electron chi connectivity index (χ0n) is 19.8. The number of aryl methyl sites for hydroxylation is 2. The molecule has 0 spiro atoms. The van der Waals surface area contributed by atoms with Gasteiger partial charge < -0.3 is 9.47 Å². The molecule has 1 saturated heterocycles. The Morgan fingerprint density at radius 3 is 2.40 bits per heavy atom. The summed E-state index contributed by atoms with van der Waals surface area (Å²) in [7, 11) is -3.93. The number of hydrogen-bond donors (Lipinski definition) is 0. The molecule has 0 N–H and O–H groups in total. The number of non-ortho nitro benzene ring substituents is 1. The Bertz CT molecular complexity index is 1380. The monoisotopic (exact) mass is 497 g/mol. The molecule has 2 aromatic heterocycles. The number of pyridine rings is 1. The summed E-state index contributed by atoms with van der Waals surface area (Å²) < 4.78 is 29.7. The fourth-order valence-corrected chi connectivity index (χ4v) is 6.00. The van der Waals surface area contributed by atoms with E-state index in [0.717, 1.165) is 23.1 Å². The highest BCUT2D eigenvalue weighted by Gasteiger charge is 2.33. The molecule has 184 valence electrons. The number of rotatable bonds is 6. The Hall–Kier alpha value is -3.57. The van der Waals surface area contributed by atoms with Crippen molar-refractivity contribution in [3.63, 3.8) is 0 Å². The van der Waals surface area contributed by atoms with Crippen molar-refractivity contribution in [3.05, 3.63) is 87.0 Å². The summed E-state index contributed by atoms with van der Waals surface area (Å²) in [6.07, 6.45) is 1.73. The molecule has 1 amide bonds. The van der Waals surface area contributed by atoms with Crippen LogP contribution in [0.4, 0.5) is 5.69 Å². The van der Waals surface area contributed by atoms with Gasteiger partial charge in [0, 0.05) is 55.9 Å². The molecule has 0 atom stereocenters. The maximum Gasteiger partial charge on any atom is 0.270 e. The number of benzene rings is 1. The van der Waals surface area contributed by atoms with Gasteiger partial charge in [-0.1, -0.05) is 12.1 Å². The zero-order valence-corrected chi connectivity index (χ0v) is 20.7. The van der Waals surface area contributed by atoms with E-state index in [4.69, 9.17) is 0 Å². The first-order valence-corrected chi connectivity index (χ1v) is 12.6. The predicted molar refractivity (Wildman–Crippen MR) is 130 cm³/mol. The Morgan fingerprint density at radius 1 is 1.06 bits per heavy atom. The fraction of sp³-hybridized carbons (Fsp3) is 0.333. The van der Waals surface area contributed by atoms with Gasteiger partial charge in [-0.15, -0.1) is 0 Å². The third-order valence-corrected chi connectivity index (χ3v) is 8.42. The summed E-state index contributed by atoms with van der Waals surface area (Å²) in [6.45, 7) is 6.70. The van der Waals surface area contributed by atoms with Crippen LogP contribution in [0.1, 0.15) is 33.0 Å². The van der Waals surface area contributed by atoms with Crippen LogP contribution >= 0.6 is 0 Å². The van der Waals surface area contributed by atoms with Crippen molar-refractivity contribution in [1.29, 1.82) is 0 Å². The molecule has 35 heavy (non-hydrogen) atoms. The molecule has 0 bridgehead atoms. The number of carbonyl (C=O) groups is 1. The van der Waals surface area contributed by atoms with E-state index >= 15 is 0 Å². The van der Waals surface area contributed by atoms with Crippen LogP contribution in [-0.4, -0.2) is 64.2 Å². The second-order valence-corrected chi connectivity index (χ2v) is 10.5. The third-order valence-electron chi connectivity index (χ3n) is 6.38. The van der Waals surface area contributed by atoms with E-state index in [2.05, 4.69) is 4.98 Å². The van der Waals surface area contributed by atoms with Gasteiger partial charge in [0.2, 0.25) is 10.0 Å². The van der Waals surface area contributed by atoms with Crippen molar-refractivity contribution in [3.8, 4) is 0 Å². The van der Waals surface area contributed by atoms with Crippen LogP contribution in [0.3, 0.4) is 0 Å². The summed E-state index contributed by atoms with van der Waals surface area (Å²) in [5.41, 5.74) is 3.42. The van der Waals surface area contributed by atoms with Gasteiger partial charge in [-0.3, -0.25) is 19.9 Å². The van der Waals surface area contributed by atoms with Crippen molar-refractivity contribution < 1.29 is 18.1 Å². The average molecular weight is 498 g/mol. The summed E-state index contributed by atoms with van der Waals surface area (Å²) in [4.78, 5) is 29.7. The average Bonchev–Trinajstić information content (AvgIpc) is 3.12. The van der Waals surface area contributed by atoms with Crippen LogP contribution in [0.25, 0.3) is 0 Å². The van der Waals surface area contributed by atoms with E-state index in [1.54, 1.807) is 18.0 Å². The third kappa shape index (κ3) is 4.82. The second-order valence-electron chi connectivity index (χ2n) is 8.60. The van der Waals surface area contributed by atoms with Gasteiger partial charge >= 0.3 is 0 Å². The molecule has 0 unspecified atom stereocenters. The number of nitro benzene ring substituents is 1. The molecule has 3 heterocycles. The van der Waals surface area contributed by atoms with Crippen LogP contribution in [0.5, 0.6) is 0 Å². The lowest BCUT2D eigenvalue weighted by Gasteiger charge is -2.34. The molecule has 1 aromatic carbocycles. The number of amides is 1. The van der Waals surface area contributed by atoms with Crippen molar-refractivity contribution in [2.75, 3.05) is 26.2 Å². The molecule has 1 fully saturated rings. The smallest absolute Gasteiger partial charge is 0.270 e. The van der Waals surface area contributed by atoms with Gasteiger partial charge in [-0.05, 0) is 44.5 Å². The highest BCUT2D eigenvalue weighted by atomic mass is 32.2. The van der Waals surface area contributed by atoms with Gasteiger partial charge in [-0.2, -0.15) is 4.31 Å². The van der Waals surface area contributed by atoms with Crippen LogP contribution in [-0.2, 0) is 16.6 Å². The molecule has 0 radical (unpaired) electrons. The van der Waals surface area contributed by atoms with E-state index in [1.165, 1.54) is 16.4 Å². The number of sulfonamides is 1. The van der Waals surface area contributed by atoms with Crippen molar-refractivity contribution in [2.24, 2.45) is 0 Å². The standard InChI is InChI=1S/C24H27N5O5S/c1-17-7-8-21(29(31)32)15-23(17)35(33,34)27-12-10-26(11-13-27)24(30)22-14-18(2)28(19(22)3)16-20-6-4-5-9-25-20/h4-9,14-15H,10-13,16H2,1-3H3. The van der Waals surface area contributed by atoms with Crippen molar-refractivity contribution >= 4 is 21.6 Å².